The average molecular weight is 260 g/mol. The molecular formula is C13H19ClFNO. The molecule has 96 valence electrons. The van der Waals surface area contributed by atoms with Crippen LogP contribution in [-0.2, 0) is 6.42 Å². The van der Waals surface area contributed by atoms with E-state index in [9.17, 15) is 4.39 Å². The highest BCUT2D eigenvalue weighted by Crippen LogP contribution is 2.15. The zero-order chi connectivity index (χ0) is 12.0. The van der Waals surface area contributed by atoms with Crippen molar-refractivity contribution < 1.29 is 9.13 Å². The van der Waals surface area contributed by atoms with Gasteiger partial charge in [-0.25, -0.2) is 4.39 Å². The molecule has 0 spiro atoms. The molecule has 1 aromatic carbocycles. The lowest BCUT2D eigenvalue weighted by Crippen LogP contribution is -2.06. The van der Waals surface area contributed by atoms with Crippen LogP contribution in [0.1, 0.15) is 19.4 Å². The number of ether oxygens (including phenoxy) is 1. The summed E-state index contributed by atoms with van der Waals surface area (Å²) in [4.78, 5) is 0. The van der Waals surface area contributed by atoms with Crippen LogP contribution in [0, 0.1) is 0 Å². The maximum absolute atomic E-state index is 12.3. The monoisotopic (exact) mass is 259 g/mol. The highest BCUT2D eigenvalue weighted by molar-refractivity contribution is 5.85. The lowest BCUT2D eigenvalue weighted by atomic mass is 10.1. The van der Waals surface area contributed by atoms with Crippen molar-refractivity contribution >= 4 is 12.4 Å². The molecule has 2 N–H and O–H groups in total. The van der Waals surface area contributed by atoms with Crippen LogP contribution in [0.5, 0.6) is 5.75 Å². The quantitative estimate of drug-likeness (QED) is 0.881. The summed E-state index contributed by atoms with van der Waals surface area (Å²) in [6.07, 6.45) is 1.30. The van der Waals surface area contributed by atoms with Crippen LogP contribution in [0.2, 0.25) is 0 Å². The third-order valence-corrected chi connectivity index (χ3v) is 2.14. The van der Waals surface area contributed by atoms with Crippen LogP contribution in [0.4, 0.5) is 4.39 Å². The molecule has 0 aromatic heterocycles. The summed E-state index contributed by atoms with van der Waals surface area (Å²) in [6.45, 7) is 4.21. The number of nitrogens with two attached hydrogens (primary N) is 1. The zero-order valence-electron chi connectivity index (χ0n) is 10.2. The molecule has 0 fully saturated rings. The standard InChI is InChI=1S/C13H18FNO.ClH/c1-10(2)16-13-5-3-11(4-6-13)7-12(8-14)9-15;/h3-6,8,10H,7,9,15H2,1-2H3;1H/b12-8-;. The van der Waals surface area contributed by atoms with Crippen molar-refractivity contribution in [1.82, 2.24) is 0 Å². The molecule has 0 aliphatic rings. The summed E-state index contributed by atoms with van der Waals surface area (Å²) < 4.78 is 17.8. The van der Waals surface area contributed by atoms with Crippen LogP contribution in [0.3, 0.4) is 0 Å². The van der Waals surface area contributed by atoms with Gasteiger partial charge >= 0.3 is 0 Å². The molecular weight excluding hydrogens is 241 g/mol. The topological polar surface area (TPSA) is 35.2 Å². The molecule has 0 aliphatic carbocycles. The molecule has 4 heteroatoms. The average Bonchev–Trinajstić information content (AvgIpc) is 2.27. The number of hydrogen-bond acceptors (Lipinski definition) is 2. The van der Waals surface area contributed by atoms with E-state index in [1.54, 1.807) is 0 Å². The molecule has 0 radical (unpaired) electrons. The second-order valence-electron chi connectivity index (χ2n) is 3.96. The molecule has 1 aromatic rings. The van der Waals surface area contributed by atoms with Gasteiger partial charge in [0.2, 0.25) is 0 Å². The van der Waals surface area contributed by atoms with Crippen molar-refractivity contribution in [3.8, 4) is 5.75 Å². The number of halogens is 2. The predicted molar refractivity (Wildman–Crippen MR) is 71.4 cm³/mol. The third kappa shape index (κ3) is 5.71. The molecule has 2 nitrogen and oxygen atoms in total. The Morgan fingerprint density at radius 3 is 2.35 bits per heavy atom. The summed E-state index contributed by atoms with van der Waals surface area (Å²) in [5.74, 6) is 0.831. The van der Waals surface area contributed by atoms with Gasteiger partial charge in [-0.3, -0.25) is 0 Å². The van der Waals surface area contributed by atoms with Crippen molar-refractivity contribution in [2.75, 3.05) is 6.54 Å². The zero-order valence-corrected chi connectivity index (χ0v) is 11.0. The lowest BCUT2D eigenvalue weighted by molar-refractivity contribution is 0.242. The van der Waals surface area contributed by atoms with Crippen molar-refractivity contribution in [2.24, 2.45) is 5.73 Å². The maximum Gasteiger partial charge on any atom is 0.119 e. The molecule has 0 heterocycles. The van der Waals surface area contributed by atoms with Crippen molar-refractivity contribution in [3.05, 3.63) is 41.7 Å². The molecule has 0 atom stereocenters. The Morgan fingerprint density at radius 2 is 1.94 bits per heavy atom. The van der Waals surface area contributed by atoms with Gasteiger partial charge in [-0.15, -0.1) is 12.4 Å². The first-order chi connectivity index (χ1) is 7.65. The third-order valence-electron chi connectivity index (χ3n) is 2.14. The second-order valence-corrected chi connectivity index (χ2v) is 3.96. The van der Waals surface area contributed by atoms with E-state index >= 15 is 0 Å². The summed E-state index contributed by atoms with van der Waals surface area (Å²) in [7, 11) is 0. The van der Waals surface area contributed by atoms with E-state index in [4.69, 9.17) is 10.5 Å². The van der Waals surface area contributed by atoms with Gasteiger partial charge in [-0.05, 0) is 43.5 Å². The van der Waals surface area contributed by atoms with Crippen LogP contribution < -0.4 is 10.5 Å². The Balaban J connectivity index is 0.00000256. The van der Waals surface area contributed by atoms with Crippen LogP contribution >= 0.6 is 12.4 Å². The maximum atomic E-state index is 12.3. The molecule has 0 unspecified atom stereocenters. The number of rotatable bonds is 5. The van der Waals surface area contributed by atoms with Gasteiger partial charge in [-0.1, -0.05) is 12.1 Å². The van der Waals surface area contributed by atoms with Gasteiger partial charge in [0.15, 0.2) is 0 Å². The van der Waals surface area contributed by atoms with Crippen molar-refractivity contribution in [2.45, 2.75) is 26.4 Å². The first-order valence-electron chi connectivity index (χ1n) is 5.39. The SMILES string of the molecule is CC(C)Oc1ccc(C/C(=C/F)CN)cc1.Cl. The molecule has 0 bridgehead atoms. The predicted octanol–water partition coefficient (Wildman–Crippen LogP) is 3.25. The minimum absolute atomic E-state index is 0. The molecule has 0 saturated heterocycles. The molecule has 0 saturated carbocycles. The van der Waals surface area contributed by atoms with Gasteiger partial charge in [0.1, 0.15) is 5.75 Å². The summed E-state index contributed by atoms with van der Waals surface area (Å²) in [5.41, 5.74) is 7.02. The molecule has 17 heavy (non-hydrogen) atoms. The fourth-order valence-electron chi connectivity index (χ4n) is 1.38. The first-order valence-corrected chi connectivity index (χ1v) is 5.39. The summed E-state index contributed by atoms with van der Waals surface area (Å²) >= 11 is 0. The van der Waals surface area contributed by atoms with Crippen molar-refractivity contribution in [1.29, 1.82) is 0 Å². The Bertz CT molecular complexity index is 349. The molecule has 0 aliphatic heterocycles. The van der Waals surface area contributed by atoms with Gasteiger partial charge in [0, 0.05) is 6.54 Å². The highest BCUT2D eigenvalue weighted by Gasteiger charge is 2.00. The molecule has 0 amide bonds. The van der Waals surface area contributed by atoms with Gasteiger partial charge < -0.3 is 10.5 Å². The number of benzene rings is 1. The van der Waals surface area contributed by atoms with E-state index in [1.807, 2.05) is 38.1 Å². The van der Waals surface area contributed by atoms with Crippen LogP contribution in [0.15, 0.2) is 36.2 Å². The largest absolute Gasteiger partial charge is 0.491 e. The Labute approximate surface area is 108 Å². The van der Waals surface area contributed by atoms with E-state index in [0.29, 0.717) is 18.3 Å². The van der Waals surface area contributed by atoms with Gasteiger partial charge in [-0.2, -0.15) is 0 Å². The first kappa shape index (κ1) is 15.9. The van der Waals surface area contributed by atoms with Crippen LogP contribution in [0.25, 0.3) is 0 Å². The normalized spacial score (nSPS) is 11.2. The van der Waals surface area contributed by atoms with E-state index in [1.165, 1.54) is 0 Å². The summed E-state index contributed by atoms with van der Waals surface area (Å²) in [6, 6.07) is 7.64. The van der Waals surface area contributed by atoms with Crippen molar-refractivity contribution in [3.63, 3.8) is 0 Å². The minimum atomic E-state index is 0. The smallest absolute Gasteiger partial charge is 0.119 e. The number of hydrogen-bond donors (Lipinski definition) is 1. The lowest BCUT2D eigenvalue weighted by Gasteiger charge is -2.10. The van der Waals surface area contributed by atoms with Crippen LogP contribution in [-0.4, -0.2) is 12.6 Å². The van der Waals surface area contributed by atoms with E-state index in [0.717, 1.165) is 11.3 Å². The summed E-state index contributed by atoms with van der Waals surface area (Å²) in [5, 5.41) is 0. The van der Waals surface area contributed by atoms with E-state index in [-0.39, 0.29) is 25.1 Å². The fourth-order valence-corrected chi connectivity index (χ4v) is 1.38. The molecule has 1 rings (SSSR count). The Kier molecular flexibility index (Phi) is 7.59. The van der Waals surface area contributed by atoms with E-state index < -0.39 is 0 Å². The highest BCUT2D eigenvalue weighted by atomic mass is 35.5. The van der Waals surface area contributed by atoms with E-state index in [2.05, 4.69) is 0 Å². The Morgan fingerprint density at radius 1 is 1.35 bits per heavy atom. The van der Waals surface area contributed by atoms with Gasteiger partial charge in [0.25, 0.3) is 0 Å². The second kappa shape index (κ2) is 8.09. The minimum Gasteiger partial charge on any atom is -0.491 e. The van der Waals surface area contributed by atoms with Gasteiger partial charge in [0.05, 0.1) is 12.4 Å². The Hall–Kier alpha value is -1.06. The fraction of sp³-hybridized carbons (Fsp3) is 0.385.